The maximum Gasteiger partial charge on any atom is 0.428 e. The molecule has 2 aliphatic rings. The number of nitrogens with one attached hydrogen (secondary N) is 1. The maximum absolute atomic E-state index is 13.1. The lowest BCUT2D eigenvalue weighted by Crippen LogP contribution is -2.43. The SMILES string of the molecule is C[C@@H](CCCC=O)N(C)C(=O)ON[C@H]1CC[C@@H]2CN(S(=O)(=O)c3ccc(F)cc3)C[C@@H]21. The van der Waals surface area contributed by atoms with Crippen LogP contribution >= 0.6 is 0 Å². The van der Waals surface area contributed by atoms with Gasteiger partial charge in [0.1, 0.15) is 12.1 Å². The van der Waals surface area contributed by atoms with Crippen LogP contribution in [-0.2, 0) is 19.7 Å². The van der Waals surface area contributed by atoms with Crippen molar-refractivity contribution in [3.63, 3.8) is 0 Å². The van der Waals surface area contributed by atoms with Crippen LogP contribution in [0.3, 0.4) is 0 Å². The first kappa shape index (κ1) is 23.6. The number of hydrogen-bond acceptors (Lipinski definition) is 6. The fraction of sp³-hybridized carbons (Fsp3) is 0.619. The largest absolute Gasteiger partial charge is 0.428 e. The van der Waals surface area contributed by atoms with Crippen molar-refractivity contribution in [1.29, 1.82) is 0 Å². The summed E-state index contributed by atoms with van der Waals surface area (Å²) in [6, 6.07) is 4.66. The minimum Gasteiger partial charge on any atom is -0.353 e. The van der Waals surface area contributed by atoms with E-state index in [1.807, 2.05) is 6.92 Å². The second-order valence-corrected chi connectivity index (χ2v) is 10.4. The number of hydroxylamine groups is 1. The minimum absolute atomic E-state index is 0.0401. The quantitative estimate of drug-likeness (QED) is 0.349. The van der Waals surface area contributed by atoms with E-state index in [-0.39, 0.29) is 28.8 Å². The van der Waals surface area contributed by atoms with Crippen molar-refractivity contribution in [3.05, 3.63) is 30.1 Å². The van der Waals surface area contributed by atoms with Gasteiger partial charge in [-0.3, -0.25) is 0 Å². The molecule has 0 aromatic heterocycles. The summed E-state index contributed by atoms with van der Waals surface area (Å²) in [7, 11) is -2.04. The van der Waals surface area contributed by atoms with Gasteiger partial charge in [-0.1, -0.05) is 0 Å². The second kappa shape index (κ2) is 10.1. The fourth-order valence-corrected chi connectivity index (χ4v) is 5.93. The normalized spacial score (nSPS) is 24.5. The fourth-order valence-electron chi connectivity index (χ4n) is 4.39. The monoisotopic (exact) mass is 455 g/mol. The van der Waals surface area contributed by atoms with Gasteiger partial charge in [0, 0.05) is 38.6 Å². The highest BCUT2D eigenvalue weighted by atomic mass is 32.2. The lowest BCUT2D eigenvalue weighted by Gasteiger charge is -2.26. The summed E-state index contributed by atoms with van der Waals surface area (Å²) in [6.45, 7) is 2.63. The van der Waals surface area contributed by atoms with Crippen molar-refractivity contribution in [2.45, 2.75) is 56.0 Å². The zero-order valence-electron chi connectivity index (χ0n) is 17.9. The van der Waals surface area contributed by atoms with Crippen LogP contribution in [0.2, 0.25) is 0 Å². The lowest BCUT2D eigenvalue weighted by molar-refractivity contribution is -0.107. The van der Waals surface area contributed by atoms with E-state index >= 15 is 0 Å². The van der Waals surface area contributed by atoms with Gasteiger partial charge in [-0.2, -0.15) is 4.31 Å². The molecule has 1 aromatic carbocycles. The summed E-state index contributed by atoms with van der Waals surface area (Å²) in [5.41, 5.74) is 2.86. The standard InChI is InChI=1S/C21H30FN3O5S/c1-15(5-3-4-12-26)24(2)21(27)30-23-20-11-6-16-13-25(14-19(16)20)31(28,29)18-9-7-17(22)8-10-18/h7-10,12,15-16,19-20,23H,3-6,11,13-14H2,1-2H3/t15-,16+,19-,20-/m0/s1. The van der Waals surface area contributed by atoms with Crippen LogP contribution in [0.25, 0.3) is 0 Å². The molecule has 4 atom stereocenters. The number of rotatable bonds is 9. The van der Waals surface area contributed by atoms with E-state index in [9.17, 15) is 22.4 Å². The molecule has 172 valence electrons. The third-order valence-corrected chi connectivity index (χ3v) is 8.31. The third kappa shape index (κ3) is 5.42. The average Bonchev–Trinajstić information content (AvgIpc) is 3.33. The highest BCUT2D eigenvalue weighted by Gasteiger charge is 2.46. The third-order valence-electron chi connectivity index (χ3n) is 6.47. The molecule has 1 heterocycles. The van der Waals surface area contributed by atoms with Gasteiger partial charge < -0.3 is 14.5 Å². The van der Waals surface area contributed by atoms with Crippen molar-refractivity contribution < 1.29 is 27.2 Å². The van der Waals surface area contributed by atoms with E-state index in [2.05, 4.69) is 5.48 Å². The Labute approximate surface area is 182 Å². The molecule has 1 saturated carbocycles. The number of hydrogen-bond donors (Lipinski definition) is 1. The zero-order chi connectivity index (χ0) is 22.6. The molecular weight excluding hydrogens is 425 g/mol. The summed E-state index contributed by atoms with van der Waals surface area (Å²) < 4.78 is 40.4. The van der Waals surface area contributed by atoms with Crippen LogP contribution in [-0.4, -0.2) is 62.2 Å². The highest BCUT2D eigenvalue weighted by Crippen LogP contribution is 2.40. The second-order valence-electron chi connectivity index (χ2n) is 8.43. The Kier molecular flexibility index (Phi) is 7.66. The molecule has 1 aromatic rings. The van der Waals surface area contributed by atoms with Crippen LogP contribution in [0.15, 0.2) is 29.2 Å². The van der Waals surface area contributed by atoms with Gasteiger partial charge in [-0.15, -0.1) is 5.48 Å². The smallest absolute Gasteiger partial charge is 0.353 e. The number of carbonyl (C=O) groups is 2. The number of carbonyl (C=O) groups excluding carboxylic acids is 2. The van der Waals surface area contributed by atoms with Crippen LogP contribution in [0.1, 0.15) is 39.0 Å². The van der Waals surface area contributed by atoms with Crippen LogP contribution in [0.4, 0.5) is 9.18 Å². The Balaban J connectivity index is 1.53. The summed E-state index contributed by atoms with van der Waals surface area (Å²) in [6.07, 6.45) is 3.88. The number of fused-ring (bicyclic) bond motifs is 1. The number of halogens is 1. The molecule has 31 heavy (non-hydrogen) atoms. The van der Waals surface area contributed by atoms with Gasteiger partial charge in [0.05, 0.1) is 4.90 Å². The molecule has 0 radical (unpaired) electrons. The first-order valence-electron chi connectivity index (χ1n) is 10.6. The Morgan fingerprint density at radius 3 is 2.71 bits per heavy atom. The van der Waals surface area contributed by atoms with E-state index in [1.165, 1.54) is 21.3 Å². The number of sulfonamides is 1. The topological polar surface area (TPSA) is 96.0 Å². The van der Waals surface area contributed by atoms with Crippen molar-refractivity contribution in [3.8, 4) is 0 Å². The molecule has 0 spiro atoms. The number of amides is 1. The minimum atomic E-state index is -3.69. The van der Waals surface area contributed by atoms with Gasteiger partial charge in [0.25, 0.3) is 0 Å². The molecule has 1 amide bonds. The number of nitrogens with zero attached hydrogens (tertiary/aromatic N) is 2. The Morgan fingerprint density at radius 2 is 2.03 bits per heavy atom. The Morgan fingerprint density at radius 1 is 1.32 bits per heavy atom. The van der Waals surface area contributed by atoms with Crippen LogP contribution < -0.4 is 5.48 Å². The predicted molar refractivity (Wildman–Crippen MR) is 112 cm³/mol. The van der Waals surface area contributed by atoms with Gasteiger partial charge in [0.2, 0.25) is 10.0 Å². The summed E-state index contributed by atoms with van der Waals surface area (Å²) in [5.74, 6) is -0.254. The predicted octanol–water partition coefficient (Wildman–Crippen LogP) is 2.56. The van der Waals surface area contributed by atoms with Crippen molar-refractivity contribution in [2.75, 3.05) is 20.1 Å². The molecule has 8 nitrogen and oxygen atoms in total. The van der Waals surface area contributed by atoms with Crippen molar-refractivity contribution in [2.24, 2.45) is 11.8 Å². The van der Waals surface area contributed by atoms with E-state index in [4.69, 9.17) is 4.84 Å². The van der Waals surface area contributed by atoms with Gasteiger partial charge >= 0.3 is 6.09 Å². The van der Waals surface area contributed by atoms with Gasteiger partial charge in [-0.05, 0) is 68.7 Å². The van der Waals surface area contributed by atoms with E-state index in [0.717, 1.165) is 31.3 Å². The summed E-state index contributed by atoms with van der Waals surface area (Å²) in [5, 5.41) is 0. The van der Waals surface area contributed by atoms with Gasteiger partial charge in [0.15, 0.2) is 0 Å². The molecule has 1 aliphatic carbocycles. The summed E-state index contributed by atoms with van der Waals surface area (Å²) in [4.78, 5) is 29.6. The number of aldehydes is 1. The molecule has 0 unspecified atom stereocenters. The first-order valence-corrected chi connectivity index (χ1v) is 12.1. The molecule has 1 saturated heterocycles. The molecule has 3 rings (SSSR count). The zero-order valence-corrected chi connectivity index (χ0v) is 18.7. The van der Waals surface area contributed by atoms with E-state index < -0.39 is 21.9 Å². The Hall–Kier alpha value is -2.04. The Bertz CT molecular complexity index is 880. The number of unbranched alkanes of at least 4 members (excludes halogenated alkanes) is 1. The summed E-state index contributed by atoms with van der Waals surface area (Å²) >= 11 is 0. The van der Waals surface area contributed by atoms with Crippen molar-refractivity contribution >= 4 is 22.4 Å². The maximum atomic E-state index is 13.1. The van der Waals surface area contributed by atoms with Gasteiger partial charge in [-0.25, -0.2) is 17.6 Å². The average molecular weight is 456 g/mol. The van der Waals surface area contributed by atoms with Crippen LogP contribution in [0, 0.1) is 17.7 Å². The first-order chi connectivity index (χ1) is 14.7. The molecule has 1 aliphatic heterocycles. The molecule has 1 N–H and O–H groups in total. The van der Waals surface area contributed by atoms with E-state index in [1.54, 1.807) is 7.05 Å². The molecule has 0 bridgehead atoms. The molecule has 2 fully saturated rings. The molecular formula is C21H30FN3O5S. The number of benzene rings is 1. The van der Waals surface area contributed by atoms with Crippen LogP contribution in [0.5, 0.6) is 0 Å². The molecule has 10 heteroatoms. The van der Waals surface area contributed by atoms with Crippen molar-refractivity contribution in [1.82, 2.24) is 14.7 Å². The lowest BCUT2D eigenvalue weighted by atomic mass is 9.98. The van der Waals surface area contributed by atoms with E-state index in [0.29, 0.717) is 32.4 Å². The highest BCUT2D eigenvalue weighted by molar-refractivity contribution is 7.89.